The molecular weight excluding hydrogens is 252 g/mol. The number of nitrogens with two attached hydrogens (primary N) is 2. The van der Waals surface area contributed by atoms with Gasteiger partial charge < -0.3 is 11.5 Å². The van der Waals surface area contributed by atoms with Crippen molar-refractivity contribution in [1.82, 2.24) is 9.55 Å². The van der Waals surface area contributed by atoms with Gasteiger partial charge in [0.05, 0.1) is 0 Å². The molecule has 5 rings (SSSR count). The third kappa shape index (κ3) is 1.83. The number of nitrogen functional groups attached to an aromatic ring is 2. The van der Waals surface area contributed by atoms with Crippen LogP contribution in [-0.2, 0) is 6.54 Å². The van der Waals surface area contributed by atoms with Crippen LogP contribution in [0.2, 0.25) is 0 Å². The van der Waals surface area contributed by atoms with Crippen LogP contribution in [0.25, 0.3) is 0 Å². The fraction of sp³-hybridized carbons (Fsp3) is 0.733. The molecule has 1 heterocycles. The van der Waals surface area contributed by atoms with E-state index >= 15 is 0 Å². The summed E-state index contributed by atoms with van der Waals surface area (Å²) in [6, 6.07) is 1.59. The van der Waals surface area contributed by atoms with Crippen LogP contribution in [0, 0.1) is 29.6 Å². The Morgan fingerprint density at radius 2 is 1.70 bits per heavy atom. The van der Waals surface area contributed by atoms with Gasteiger partial charge in [-0.1, -0.05) is 0 Å². The van der Waals surface area contributed by atoms with Gasteiger partial charge in [-0.3, -0.25) is 4.57 Å². The van der Waals surface area contributed by atoms with Gasteiger partial charge in [-0.05, 0) is 61.7 Å². The van der Waals surface area contributed by atoms with Crippen LogP contribution in [0.4, 0.5) is 11.6 Å². The second-order valence-electron chi connectivity index (χ2n) is 7.09. The van der Waals surface area contributed by atoms with Crippen molar-refractivity contribution in [3.8, 4) is 0 Å². The zero-order chi connectivity index (χ0) is 13.9. The number of nitrogens with zero attached hydrogens (tertiary/aromatic N) is 2. The van der Waals surface area contributed by atoms with Crippen LogP contribution >= 0.6 is 0 Å². The molecule has 4 fully saturated rings. The largest absolute Gasteiger partial charge is 0.385 e. The van der Waals surface area contributed by atoms with Crippen molar-refractivity contribution in [3.05, 3.63) is 16.6 Å². The lowest BCUT2D eigenvalue weighted by molar-refractivity contribution is -0.0432. The van der Waals surface area contributed by atoms with Crippen molar-refractivity contribution in [2.45, 2.75) is 38.6 Å². The molecule has 0 aromatic carbocycles. The lowest BCUT2D eigenvalue weighted by Crippen LogP contribution is -2.47. The number of hydrogen-bond acceptors (Lipinski definition) is 4. The molecule has 4 saturated carbocycles. The molecule has 0 spiro atoms. The average Bonchev–Trinajstić information content (AvgIpc) is 2.35. The van der Waals surface area contributed by atoms with E-state index in [4.69, 9.17) is 11.5 Å². The summed E-state index contributed by atoms with van der Waals surface area (Å²) in [5, 5.41) is 0. The predicted octanol–water partition coefficient (Wildman–Crippen LogP) is 1.48. The maximum Gasteiger partial charge on any atom is 0.351 e. The predicted molar refractivity (Wildman–Crippen MR) is 77.9 cm³/mol. The highest BCUT2D eigenvalue weighted by Gasteiger charge is 2.48. The van der Waals surface area contributed by atoms with Crippen molar-refractivity contribution in [1.29, 1.82) is 0 Å². The number of hydrogen-bond donors (Lipinski definition) is 2. The van der Waals surface area contributed by atoms with E-state index in [1.165, 1.54) is 32.1 Å². The Labute approximate surface area is 118 Å². The second-order valence-corrected chi connectivity index (χ2v) is 7.09. The van der Waals surface area contributed by atoms with Gasteiger partial charge in [-0.15, -0.1) is 0 Å². The minimum Gasteiger partial charge on any atom is -0.385 e. The topological polar surface area (TPSA) is 86.9 Å². The molecule has 4 aliphatic carbocycles. The first-order chi connectivity index (χ1) is 9.60. The minimum atomic E-state index is -0.295. The molecular formula is C15H22N4O. The molecule has 0 aliphatic heterocycles. The van der Waals surface area contributed by atoms with Gasteiger partial charge in [0, 0.05) is 12.6 Å². The quantitative estimate of drug-likeness (QED) is 0.855. The van der Waals surface area contributed by atoms with Gasteiger partial charge in [0.15, 0.2) is 0 Å². The lowest BCUT2D eigenvalue weighted by Gasteiger charge is -2.54. The Bertz CT molecular complexity index is 566. The SMILES string of the molecule is Nc1cc(N)n(CC2C3CC4CC(C3)CC2C4)c(=O)n1. The molecule has 20 heavy (non-hydrogen) atoms. The molecule has 4 bridgehead atoms. The second kappa shape index (κ2) is 4.24. The van der Waals surface area contributed by atoms with Gasteiger partial charge in [0.25, 0.3) is 0 Å². The molecule has 5 heteroatoms. The molecule has 4 N–H and O–H groups in total. The van der Waals surface area contributed by atoms with E-state index in [1.54, 1.807) is 10.6 Å². The summed E-state index contributed by atoms with van der Waals surface area (Å²) in [7, 11) is 0. The van der Waals surface area contributed by atoms with Crippen LogP contribution in [0.15, 0.2) is 10.9 Å². The molecule has 108 valence electrons. The molecule has 0 atom stereocenters. The molecule has 0 unspecified atom stereocenters. The summed E-state index contributed by atoms with van der Waals surface area (Å²) in [6.07, 6.45) is 6.87. The summed E-state index contributed by atoms with van der Waals surface area (Å²) < 4.78 is 1.63. The lowest BCUT2D eigenvalue weighted by atomic mass is 9.52. The summed E-state index contributed by atoms with van der Waals surface area (Å²) in [6.45, 7) is 0.729. The summed E-state index contributed by atoms with van der Waals surface area (Å²) in [5.41, 5.74) is 11.2. The first kappa shape index (κ1) is 12.2. The Kier molecular flexibility index (Phi) is 2.59. The maximum atomic E-state index is 12.0. The van der Waals surface area contributed by atoms with Crippen molar-refractivity contribution < 1.29 is 0 Å². The van der Waals surface area contributed by atoms with E-state index in [2.05, 4.69) is 4.98 Å². The monoisotopic (exact) mass is 274 g/mol. The van der Waals surface area contributed by atoms with Gasteiger partial charge in [-0.2, -0.15) is 4.98 Å². The smallest absolute Gasteiger partial charge is 0.351 e. The van der Waals surface area contributed by atoms with Crippen molar-refractivity contribution in [3.63, 3.8) is 0 Å². The Balaban J connectivity index is 1.62. The third-order valence-corrected chi connectivity index (χ3v) is 5.88. The number of aromatic nitrogens is 2. The van der Waals surface area contributed by atoms with E-state index in [9.17, 15) is 4.79 Å². The zero-order valence-electron chi connectivity index (χ0n) is 11.7. The Morgan fingerprint density at radius 1 is 1.10 bits per heavy atom. The molecule has 4 aliphatic rings. The zero-order valence-corrected chi connectivity index (χ0v) is 11.7. The molecule has 5 nitrogen and oxygen atoms in total. The molecule has 1 aromatic rings. The fourth-order valence-corrected chi connectivity index (χ4v) is 5.27. The normalized spacial score (nSPS) is 38.3. The third-order valence-electron chi connectivity index (χ3n) is 5.88. The molecule has 1 aromatic heterocycles. The van der Waals surface area contributed by atoms with E-state index in [-0.39, 0.29) is 11.5 Å². The van der Waals surface area contributed by atoms with Crippen LogP contribution < -0.4 is 17.2 Å². The fourth-order valence-electron chi connectivity index (χ4n) is 5.27. The van der Waals surface area contributed by atoms with Crippen LogP contribution in [0.3, 0.4) is 0 Å². The highest BCUT2D eigenvalue weighted by Crippen LogP contribution is 2.56. The van der Waals surface area contributed by atoms with Gasteiger partial charge >= 0.3 is 5.69 Å². The highest BCUT2D eigenvalue weighted by molar-refractivity contribution is 5.40. The first-order valence-electron chi connectivity index (χ1n) is 7.73. The standard InChI is InChI=1S/C15H22N4O/c16-13-6-14(17)19(15(20)18-13)7-12-10-2-8-1-9(4-10)5-11(12)3-8/h6,8-12H,1-5,7,17H2,(H2,16,18,20). The Morgan fingerprint density at radius 3 is 2.25 bits per heavy atom. The van der Waals surface area contributed by atoms with E-state index in [1.807, 2.05) is 0 Å². The van der Waals surface area contributed by atoms with Crippen molar-refractivity contribution >= 4 is 11.6 Å². The minimum absolute atomic E-state index is 0.217. The van der Waals surface area contributed by atoms with Crippen LogP contribution in [0.1, 0.15) is 32.1 Å². The molecule has 0 radical (unpaired) electrons. The van der Waals surface area contributed by atoms with Crippen molar-refractivity contribution in [2.75, 3.05) is 11.5 Å². The van der Waals surface area contributed by atoms with E-state index in [0.29, 0.717) is 11.7 Å². The maximum absolute atomic E-state index is 12.0. The molecule has 0 saturated heterocycles. The van der Waals surface area contributed by atoms with E-state index < -0.39 is 0 Å². The van der Waals surface area contributed by atoms with Gasteiger partial charge in [-0.25, -0.2) is 4.79 Å². The number of rotatable bonds is 2. The van der Waals surface area contributed by atoms with E-state index in [0.717, 1.165) is 30.2 Å². The number of anilines is 2. The molecule has 0 amide bonds. The van der Waals surface area contributed by atoms with Gasteiger partial charge in [0.2, 0.25) is 0 Å². The highest BCUT2D eigenvalue weighted by atomic mass is 16.1. The van der Waals surface area contributed by atoms with Crippen molar-refractivity contribution in [2.24, 2.45) is 29.6 Å². The van der Waals surface area contributed by atoms with Gasteiger partial charge in [0.1, 0.15) is 11.6 Å². The summed E-state index contributed by atoms with van der Waals surface area (Å²) in [4.78, 5) is 15.8. The van der Waals surface area contributed by atoms with Crippen LogP contribution in [-0.4, -0.2) is 9.55 Å². The van der Waals surface area contributed by atoms with Crippen LogP contribution in [0.5, 0.6) is 0 Å². The summed E-state index contributed by atoms with van der Waals surface area (Å²) >= 11 is 0. The first-order valence-corrected chi connectivity index (χ1v) is 7.73. The Hall–Kier alpha value is -1.52. The summed E-state index contributed by atoms with van der Waals surface area (Å²) in [5.74, 6) is 4.75. The average molecular weight is 274 g/mol.